The van der Waals surface area contributed by atoms with Gasteiger partial charge in [-0.2, -0.15) is 0 Å². The summed E-state index contributed by atoms with van der Waals surface area (Å²) < 4.78 is 43.0. The van der Waals surface area contributed by atoms with Crippen LogP contribution in [0.2, 0.25) is 0 Å². The summed E-state index contributed by atoms with van der Waals surface area (Å²) in [6.07, 6.45) is 1.32. The summed E-state index contributed by atoms with van der Waals surface area (Å²) in [6, 6.07) is 25.8. The predicted octanol–water partition coefficient (Wildman–Crippen LogP) is 10.5. The number of nitrogens with zero attached hydrogens (tertiary/aromatic N) is 1. The van der Waals surface area contributed by atoms with Crippen LogP contribution in [0, 0.1) is 0 Å². The van der Waals surface area contributed by atoms with Crippen LogP contribution in [0.4, 0.5) is 9.59 Å². The van der Waals surface area contributed by atoms with Gasteiger partial charge in [-0.3, -0.25) is 9.59 Å². The van der Waals surface area contributed by atoms with Gasteiger partial charge in [0.25, 0.3) is 9.81 Å². The zero-order chi connectivity index (χ0) is 48.6. The molecule has 0 fully saturated rings. The van der Waals surface area contributed by atoms with E-state index in [0.717, 1.165) is 35.1 Å². The van der Waals surface area contributed by atoms with Crippen molar-refractivity contribution in [3.05, 3.63) is 107 Å². The average molecular weight is 960 g/mol. The Labute approximate surface area is 397 Å². The van der Waals surface area contributed by atoms with E-state index < -0.39 is 23.0 Å². The molecule has 0 spiro atoms. The third-order valence-corrected chi connectivity index (χ3v) is 12.1. The van der Waals surface area contributed by atoms with Crippen LogP contribution in [0.25, 0.3) is 0 Å². The fraction of sp³-hybridized carbons (Fsp3) is 0.417. The third-order valence-electron chi connectivity index (χ3n) is 10.4. The van der Waals surface area contributed by atoms with Gasteiger partial charge in [0.1, 0.15) is 18.8 Å². The summed E-state index contributed by atoms with van der Waals surface area (Å²) >= 11 is 7.24. The van der Waals surface area contributed by atoms with Crippen LogP contribution >= 0.6 is 35.1 Å². The summed E-state index contributed by atoms with van der Waals surface area (Å²) in [7, 11) is 12.6. The Hall–Kier alpha value is -5.29. The molecule has 2 atom stereocenters. The van der Waals surface area contributed by atoms with Gasteiger partial charge in [-0.25, -0.2) is 9.59 Å². The number of carbonyl (C=O) groups is 4. The quantitative estimate of drug-likeness (QED) is 0.0659. The number of likely N-dealkylation sites (N-methyl/N-ethyl adjacent to an activating group) is 2. The van der Waals surface area contributed by atoms with Gasteiger partial charge in [-0.1, -0.05) is 112 Å². The van der Waals surface area contributed by atoms with Crippen molar-refractivity contribution in [2.24, 2.45) is 0 Å². The van der Waals surface area contributed by atoms with Crippen molar-refractivity contribution in [1.29, 1.82) is 0 Å². The molecule has 0 aliphatic carbocycles. The third kappa shape index (κ3) is 15.1. The van der Waals surface area contributed by atoms with Crippen molar-refractivity contribution in [3.8, 4) is 34.5 Å². The number of carbonyl (C=O) groups excluding carboxylic acids is 4. The molecule has 17 heteroatoms. The van der Waals surface area contributed by atoms with Crippen molar-refractivity contribution in [3.63, 3.8) is 0 Å². The summed E-state index contributed by atoms with van der Waals surface area (Å²) in [5, 5.41) is 3.22. The first-order valence-corrected chi connectivity index (χ1v) is 23.0. The minimum Gasteiger partial charge on any atom is -0.493 e. The Kier molecular flexibility index (Phi) is 24.6. The van der Waals surface area contributed by atoms with Gasteiger partial charge in [-0.05, 0) is 78.4 Å². The number of methoxy groups -OCH3 is 6. The zero-order valence-corrected chi connectivity index (χ0v) is 41.8. The molecule has 0 unspecified atom stereocenters. The van der Waals surface area contributed by atoms with E-state index in [1.807, 2.05) is 88.5 Å². The SMILES string of the molecule is CCSC(=O)Cl.CCSC(=O)N(C)[C@](CC)(COC(=O)c1cc(OC)c(OC)c(OC)c1)c1ccccc1.CC[C@](COC(=O)c1cc(OC)c(OC)c(OC)c1)(NC)c1ccccc1. The van der Waals surface area contributed by atoms with Crippen molar-refractivity contribution < 1.29 is 57.1 Å². The van der Waals surface area contributed by atoms with E-state index in [1.54, 1.807) is 36.2 Å². The molecule has 1 amide bonds. The van der Waals surface area contributed by atoms with Crippen LogP contribution in [-0.2, 0) is 20.6 Å². The fourth-order valence-corrected chi connectivity index (χ4v) is 7.82. The van der Waals surface area contributed by atoms with Gasteiger partial charge in [0.05, 0.1) is 59.3 Å². The first-order valence-electron chi connectivity index (χ1n) is 20.7. The monoisotopic (exact) mass is 958 g/mol. The fourth-order valence-electron chi connectivity index (χ4n) is 6.65. The standard InChI is InChI=1S/C24H31NO6S.C21H27NO5.C3H5ClOS/c1-7-24(18-12-10-9-11-13-18,25(3)23(27)32-8-2)16-31-22(26)17-14-19(28-4)21(30-6)20(15-17)29-5;1-6-21(22-2,16-10-8-7-9-11-16)14-27-20(23)15-12-17(24-3)19(26-5)18(13-15)25-4;1-2-6-3(4)5/h9-15H,7-8,16H2,1-6H3;7-13,22H,6,14H2,1-5H3;2H2,1H3/t24-;21-;/m11./s1. The molecule has 0 radical (unpaired) electrons. The molecule has 14 nitrogen and oxygen atoms in total. The number of ether oxygens (including phenoxy) is 8. The van der Waals surface area contributed by atoms with E-state index in [2.05, 4.69) is 12.2 Å². The van der Waals surface area contributed by atoms with Gasteiger partial charge in [0.15, 0.2) is 23.0 Å². The van der Waals surface area contributed by atoms with Gasteiger partial charge in [0.2, 0.25) is 11.5 Å². The normalized spacial score (nSPS) is 12.2. The van der Waals surface area contributed by atoms with Crippen LogP contribution in [0.5, 0.6) is 34.5 Å². The molecule has 4 rings (SSSR count). The maximum Gasteiger partial charge on any atom is 0.338 e. The second-order valence-electron chi connectivity index (χ2n) is 13.7. The van der Waals surface area contributed by atoms with Gasteiger partial charge < -0.3 is 48.1 Å². The number of amides is 1. The molecule has 0 saturated heterocycles. The van der Waals surface area contributed by atoms with Crippen LogP contribution < -0.4 is 33.7 Å². The summed E-state index contributed by atoms with van der Waals surface area (Å²) in [6.45, 7) is 8.02. The van der Waals surface area contributed by atoms with Gasteiger partial charge >= 0.3 is 11.9 Å². The minimum atomic E-state index is -0.809. The molecule has 0 bridgehead atoms. The minimum absolute atomic E-state index is 0.00444. The Morgan fingerprint density at radius 3 is 1.29 bits per heavy atom. The van der Waals surface area contributed by atoms with E-state index in [-0.39, 0.29) is 28.6 Å². The molecule has 65 heavy (non-hydrogen) atoms. The van der Waals surface area contributed by atoms with Crippen molar-refractivity contribution in [2.75, 3.05) is 81.5 Å². The summed E-state index contributed by atoms with van der Waals surface area (Å²) in [4.78, 5) is 49.9. The molecular weight excluding hydrogens is 896 g/mol. The smallest absolute Gasteiger partial charge is 0.338 e. The number of thioether (sulfide) groups is 2. The van der Waals surface area contributed by atoms with E-state index in [0.29, 0.717) is 52.2 Å². The molecular formula is C48H63ClN2O12S2. The largest absolute Gasteiger partial charge is 0.493 e. The highest BCUT2D eigenvalue weighted by Crippen LogP contribution is 2.40. The van der Waals surface area contributed by atoms with E-state index >= 15 is 0 Å². The number of hydrogen-bond donors (Lipinski definition) is 1. The molecule has 1 N–H and O–H groups in total. The number of rotatable bonds is 20. The Bertz CT molecular complexity index is 2060. The van der Waals surface area contributed by atoms with E-state index in [1.165, 1.54) is 54.4 Å². The molecule has 4 aromatic carbocycles. The molecule has 356 valence electrons. The molecule has 0 aliphatic rings. The molecule has 0 saturated carbocycles. The number of benzene rings is 4. The molecule has 0 heterocycles. The Morgan fingerprint density at radius 1 is 0.585 bits per heavy atom. The number of hydrogen-bond acceptors (Lipinski definition) is 15. The first kappa shape index (κ1) is 55.8. The second-order valence-corrected chi connectivity index (χ2v) is 16.7. The number of nitrogens with one attached hydrogen (secondary N) is 1. The van der Waals surface area contributed by atoms with Crippen LogP contribution in [-0.4, -0.2) is 108 Å². The lowest BCUT2D eigenvalue weighted by Crippen LogP contribution is -2.49. The lowest BCUT2D eigenvalue weighted by Gasteiger charge is -2.41. The highest BCUT2D eigenvalue weighted by molar-refractivity contribution is 8.16. The number of halogens is 1. The Morgan fingerprint density at radius 2 is 0.985 bits per heavy atom. The predicted molar refractivity (Wildman–Crippen MR) is 259 cm³/mol. The summed E-state index contributed by atoms with van der Waals surface area (Å²) in [5.74, 6) is 2.75. The molecule has 0 aromatic heterocycles. The lowest BCUT2D eigenvalue weighted by molar-refractivity contribution is 0.0178. The highest BCUT2D eigenvalue weighted by Gasteiger charge is 2.39. The molecule has 4 aromatic rings. The van der Waals surface area contributed by atoms with Gasteiger partial charge in [0, 0.05) is 7.05 Å². The zero-order valence-electron chi connectivity index (χ0n) is 39.4. The topological polar surface area (TPSA) is 157 Å². The van der Waals surface area contributed by atoms with Crippen LogP contribution in [0.3, 0.4) is 0 Å². The average Bonchev–Trinajstić information content (AvgIpc) is 3.34. The Balaban J connectivity index is 0.000000401. The van der Waals surface area contributed by atoms with Crippen molar-refractivity contribution in [1.82, 2.24) is 10.2 Å². The van der Waals surface area contributed by atoms with Crippen LogP contribution in [0.1, 0.15) is 72.4 Å². The molecule has 0 aliphatic heterocycles. The van der Waals surface area contributed by atoms with Crippen LogP contribution in [0.15, 0.2) is 84.9 Å². The lowest BCUT2D eigenvalue weighted by atomic mass is 9.86. The number of esters is 2. The first-order chi connectivity index (χ1) is 31.2. The maximum absolute atomic E-state index is 13.0. The van der Waals surface area contributed by atoms with Crippen molar-refractivity contribution >= 4 is 56.9 Å². The van der Waals surface area contributed by atoms with E-state index in [9.17, 15) is 19.2 Å². The van der Waals surface area contributed by atoms with E-state index in [4.69, 9.17) is 49.5 Å². The summed E-state index contributed by atoms with van der Waals surface area (Å²) in [5.41, 5.74) is 1.28. The second kappa shape index (κ2) is 28.6. The van der Waals surface area contributed by atoms with Gasteiger partial charge in [-0.15, -0.1) is 0 Å². The highest BCUT2D eigenvalue weighted by atomic mass is 35.5. The maximum atomic E-state index is 13.0. The van der Waals surface area contributed by atoms with Crippen molar-refractivity contribution in [2.45, 2.75) is 51.6 Å².